The molecule has 2 heterocycles. The van der Waals surface area contributed by atoms with E-state index in [1.54, 1.807) is 0 Å². The summed E-state index contributed by atoms with van der Waals surface area (Å²) in [7, 11) is 0. The number of carboxylic acid groups (broad SMARTS) is 1. The number of aliphatic carboxylic acids is 1. The van der Waals surface area contributed by atoms with Crippen LogP contribution in [0.4, 0.5) is 0 Å². The predicted molar refractivity (Wildman–Crippen MR) is 147 cm³/mol. The molecule has 3 N–H and O–H groups in total. The molecule has 4 fully saturated rings. The van der Waals surface area contributed by atoms with Gasteiger partial charge in [0, 0.05) is 13.0 Å². The van der Waals surface area contributed by atoms with Crippen LogP contribution in [0.15, 0.2) is 23.5 Å². The molecule has 0 amide bonds. The third-order valence-corrected chi connectivity index (χ3v) is 9.14. The minimum Gasteiger partial charge on any atom is -0.478 e. The average molecular weight is 551 g/mol. The van der Waals surface area contributed by atoms with Crippen molar-refractivity contribution in [2.45, 2.75) is 134 Å². The minimum absolute atomic E-state index is 0.0948. The van der Waals surface area contributed by atoms with Gasteiger partial charge in [-0.3, -0.25) is 0 Å². The van der Waals surface area contributed by atoms with E-state index in [1.807, 2.05) is 0 Å². The Labute approximate surface area is 233 Å². The van der Waals surface area contributed by atoms with Crippen LogP contribution in [0.25, 0.3) is 0 Å². The van der Waals surface area contributed by atoms with Gasteiger partial charge in [-0.1, -0.05) is 44.8 Å². The third-order valence-electron chi connectivity index (χ3n) is 9.14. The van der Waals surface area contributed by atoms with Gasteiger partial charge in [-0.15, -0.1) is 0 Å². The minimum atomic E-state index is -1.39. The van der Waals surface area contributed by atoms with Crippen molar-refractivity contribution in [3.63, 3.8) is 0 Å². The summed E-state index contributed by atoms with van der Waals surface area (Å²) in [6.07, 6.45) is 7.85. The molecular formula is C31H50O8. The SMILES string of the molecule is C=C1CC[C@H](CCC)[C@H]1C[C@@H](O)C(O)C(OC1CCCCO1)C(OC1CCCCO1)=C(C(=O)O)C1CCCC1. The van der Waals surface area contributed by atoms with E-state index < -0.39 is 36.9 Å². The van der Waals surface area contributed by atoms with Gasteiger partial charge in [0.05, 0.1) is 18.3 Å². The lowest BCUT2D eigenvalue weighted by Crippen LogP contribution is -2.46. The lowest BCUT2D eigenvalue weighted by Gasteiger charge is -2.37. The summed E-state index contributed by atoms with van der Waals surface area (Å²) in [4.78, 5) is 12.8. The van der Waals surface area contributed by atoms with Crippen molar-refractivity contribution in [2.24, 2.45) is 17.8 Å². The van der Waals surface area contributed by atoms with E-state index in [1.165, 1.54) is 0 Å². The molecule has 0 aromatic carbocycles. The Morgan fingerprint density at radius 3 is 2.21 bits per heavy atom. The van der Waals surface area contributed by atoms with E-state index in [-0.39, 0.29) is 23.2 Å². The van der Waals surface area contributed by atoms with Crippen LogP contribution in [0, 0.1) is 17.8 Å². The van der Waals surface area contributed by atoms with Gasteiger partial charge in [0.1, 0.15) is 18.0 Å². The molecule has 0 spiro atoms. The topological polar surface area (TPSA) is 115 Å². The number of aliphatic hydroxyl groups excluding tert-OH is 2. The number of rotatable bonds is 13. The number of carboxylic acids is 1. The molecule has 8 nitrogen and oxygen atoms in total. The predicted octanol–water partition coefficient (Wildman–Crippen LogP) is 5.46. The Morgan fingerprint density at radius 2 is 1.62 bits per heavy atom. The number of ether oxygens (including phenoxy) is 4. The maximum atomic E-state index is 12.8. The summed E-state index contributed by atoms with van der Waals surface area (Å²) in [5, 5.41) is 33.6. The zero-order chi connectivity index (χ0) is 27.8. The molecule has 2 aliphatic heterocycles. The number of hydrogen-bond donors (Lipinski definition) is 3. The van der Waals surface area contributed by atoms with Crippen LogP contribution in [-0.4, -0.2) is 65.4 Å². The Kier molecular flexibility index (Phi) is 11.7. The smallest absolute Gasteiger partial charge is 0.335 e. The number of hydrogen-bond acceptors (Lipinski definition) is 7. The van der Waals surface area contributed by atoms with Crippen molar-refractivity contribution in [1.29, 1.82) is 0 Å². The molecule has 4 rings (SSSR count). The van der Waals surface area contributed by atoms with Gasteiger partial charge in [0.15, 0.2) is 12.6 Å². The molecule has 2 saturated carbocycles. The first-order valence-corrected chi connectivity index (χ1v) is 15.5. The molecule has 8 heteroatoms. The van der Waals surface area contributed by atoms with E-state index in [0.29, 0.717) is 38.4 Å². The molecular weight excluding hydrogens is 500 g/mol. The average Bonchev–Trinajstić information content (AvgIpc) is 3.58. The molecule has 4 aliphatic rings. The summed E-state index contributed by atoms with van der Waals surface area (Å²) < 4.78 is 24.4. The van der Waals surface area contributed by atoms with Crippen molar-refractivity contribution in [1.82, 2.24) is 0 Å². The second-order valence-corrected chi connectivity index (χ2v) is 12.0. The van der Waals surface area contributed by atoms with Crippen LogP contribution in [0.2, 0.25) is 0 Å². The Balaban J connectivity index is 1.66. The van der Waals surface area contributed by atoms with E-state index in [2.05, 4.69) is 13.5 Å². The van der Waals surface area contributed by atoms with Gasteiger partial charge in [-0.05, 0) is 82.0 Å². The summed E-state index contributed by atoms with van der Waals surface area (Å²) >= 11 is 0. The maximum Gasteiger partial charge on any atom is 0.335 e. The zero-order valence-corrected chi connectivity index (χ0v) is 23.7. The first kappa shape index (κ1) is 30.5. The zero-order valence-electron chi connectivity index (χ0n) is 23.7. The monoisotopic (exact) mass is 550 g/mol. The fourth-order valence-corrected chi connectivity index (χ4v) is 6.97. The largest absolute Gasteiger partial charge is 0.478 e. The molecule has 39 heavy (non-hydrogen) atoms. The lowest BCUT2D eigenvalue weighted by atomic mass is 9.83. The van der Waals surface area contributed by atoms with Crippen LogP contribution in [0.1, 0.15) is 103 Å². The highest BCUT2D eigenvalue weighted by molar-refractivity contribution is 5.88. The van der Waals surface area contributed by atoms with Crippen molar-refractivity contribution in [3.05, 3.63) is 23.5 Å². The van der Waals surface area contributed by atoms with Crippen LogP contribution in [0.5, 0.6) is 0 Å². The fraction of sp³-hybridized carbons (Fsp3) is 0.839. The molecule has 0 bridgehead atoms. The number of aliphatic hydroxyl groups is 2. The quantitative estimate of drug-likeness (QED) is 0.157. The van der Waals surface area contributed by atoms with Gasteiger partial charge >= 0.3 is 5.97 Å². The molecule has 0 radical (unpaired) electrons. The lowest BCUT2D eigenvalue weighted by molar-refractivity contribution is -0.228. The highest BCUT2D eigenvalue weighted by Crippen LogP contribution is 2.42. The third kappa shape index (κ3) is 8.07. The highest BCUT2D eigenvalue weighted by Gasteiger charge is 2.42. The first-order chi connectivity index (χ1) is 18.9. The number of carbonyl (C=O) groups is 1. The summed E-state index contributed by atoms with van der Waals surface area (Å²) in [5.41, 5.74) is 1.26. The number of allylic oxidation sites excluding steroid dienone is 1. The normalized spacial score (nSPS) is 31.5. The van der Waals surface area contributed by atoms with Crippen LogP contribution in [0.3, 0.4) is 0 Å². The first-order valence-electron chi connectivity index (χ1n) is 15.5. The molecule has 4 unspecified atom stereocenters. The van der Waals surface area contributed by atoms with E-state index >= 15 is 0 Å². The van der Waals surface area contributed by atoms with Crippen LogP contribution >= 0.6 is 0 Å². The Morgan fingerprint density at radius 1 is 0.974 bits per heavy atom. The van der Waals surface area contributed by atoms with Gasteiger partial charge in [0.25, 0.3) is 0 Å². The molecule has 2 aliphatic carbocycles. The van der Waals surface area contributed by atoms with Crippen molar-refractivity contribution in [3.8, 4) is 0 Å². The van der Waals surface area contributed by atoms with Crippen LogP contribution in [-0.2, 0) is 23.7 Å². The summed E-state index contributed by atoms with van der Waals surface area (Å²) in [6, 6.07) is 0. The summed E-state index contributed by atoms with van der Waals surface area (Å²) in [6.45, 7) is 7.50. The highest BCUT2D eigenvalue weighted by atomic mass is 16.7. The van der Waals surface area contributed by atoms with Crippen molar-refractivity contribution >= 4 is 5.97 Å². The molecule has 0 aromatic heterocycles. The van der Waals surface area contributed by atoms with Gasteiger partial charge < -0.3 is 34.3 Å². The van der Waals surface area contributed by atoms with E-state index in [4.69, 9.17) is 18.9 Å². The van der Waals surface area contributed by atoms with Gasteiger partial charge in [-0.2, -0.15) is 0 Å². The van der Waals surface area contributed by atoms with Crippen molar-refractivity contribution < 1.29 is 39.1 Å². The van der Waals surface area contributed by atoms with Crippen LogP contribution < -0.4 is 0 Å². The van der Waals surface area contributed by atoms with Gasteiger partial charge in [0.2, 0.25) is 0 Å². The maximum absolute atomic E-state index is 12.8. The molecule has 2 saturated heterocycles. The summed E-state index contributed by atoms with van der Waals surface area (Å²) in [5.74, 6) is -0.630. The fourth-order valence-electron chi connectivity index (χ4n) is 6.97. The Hall–Kier alpha value is -1.45. The molecule has 222 valence electrons. The second-order valence-electron chi connectivity index (χ2n) is 12.0. The second kappa shape index (κ2) is 15.0. The molecule has 0 aromatic rings. The van der Waals surface area contributed by atoms with E-state index in [0.717, 1.165) is 82.6 Å². The Bertz CT molecular complexity index is 822. The molecule has 7 atom stereocenters. The standard InChI is InChI=1S/C31H50O8/c1-3-10-21-16-15-20(2)23(21)19-24(32)28(33)30(39-26-14-7-9-18-37-26)29(38-25-13-6-8-17-36-25)27(31(34)35)22-11-4-5-12-22/h21-26,28,30,32-33H,2-19H2,1H3,(H,34,35)/t21-,23-,24+,25?,26?,28?,30?/m0/s1. The van der Waals surface area contributed by atoms with Gasteiger partial charge in [-0.25, -0.2) is 4.79 Å². The van der Waals surface area contributed by atoms with Crippen molar-refractivity contribution in [2.75, 3.05) is 13.2 Å². The van der Waals surface area contributed by atoms with E-state index in [9.17, 15) is 20.1 Å².